The molecule has 1 aromatic carbocycles. The highest BCUT2D eigenvalue weighted by molar-refractivity contribution is 5.96. The van der Waals surface area contributed by atoms with E-state index in [9.17, 15) is 14.3 Å². The number of aliphatic hydroxyl groups excluding tert-OH is 1. The molecule has 1 amide bonds. The molecule has 0 aliphatic carbocycles. The van der Waals surface area contributed by atoms with Gasteiger partial charge in [0.1, 0.15) is 11.9 Å². The number of aromatic nitrogens is 1. The number of nitrogens with zero attached hydrogens (tertiary/aromatic N) is 4. The number of aliphatic hydroxyl groups is 1. The van der Waals surface area contributed by atoms with Crippen LogP contribution in [0.4, 0.5) is 10.1 Å². The van der Waals surface area contributed by atoms with Gasteiger partial charge in [-0.15, -0.1) is 0 Å². The molecule has 29 heavy (non-hydrogen) atoms. The number of anilines is 1. The lowest BCUT2D eigenvalue weighted by atomic mass is 10.0. The Labute approximate surface area is 171 Å². The minimum atomic E-state index is -0.715. The molecule has 0 bridgehead atoms. The number of fused-ring (bicyclic) bond motifs is 1. The number of rotatable bonds is 4. The average molecular weight is 400 g/mol. The molecule has 2 aromatic rings. The summed E-state index contributed by atoms with van der Waals surface area (Å²) in [5.41, 5.74) is 2.33. The molecule has 1 saturated heterocycles. The van der Waals surface area contributed by atoms with Crippen molar-refractivity contribution in [2.75, 3.05) is 44.2 Å². The molecule has 1 N–H and O–H groups in total. The molecule has 1 fully saturated rings. The fourth-order valence-corrected chi connectivity index (χ4v) is 4.59. The number of aryl methyl sites for hydroxylation is 1. The van der Waals surface area contributed by atoms with Gasteiger partial charge >= 0.3 is 0 Å². The summed E-state index contributed by atoms with van der Waals surface area (Å²) in [4.78, 5) is 19.4. The first-order valence-electron chi connectivity index (χ1n) is 10.4. The summed E-state index contributed by atoms with van der Waals surface area (Å²) in [7, 11) is 1.88. The maximum Gasteiger partial charge on any atom is 0.255 e. The van der Waals surface area contributed by atoms with Crippen LogP contribution in [-0.4, -0.2) is 70.7 Å². The van der Waals surface area contributed by atoms with Crippen molar-refractivity contribution in [3.63, 3.8) is 0 Å². The quantitative estimate of drug-likeness (QED) is 0.855. The van der Waals surface area contributed by atoms with Crippen molar-refractivity contribution in [2.24, 2.45) is 7.05 Å². The fourth-order valence-electron chi connectivity index (χ4n) is 4.59. The zero-order valence-electron chi connectivity index (χ0n) is 17.1. The van der Waals surface area contributed by atoms with Gasteiger partial charge in [-0.3, -0.25) is 9.69 Å². The Morgan fingerprint density at radius 1 is 1.10 bits per heavy atom. The van der Waals surface area contributed by atoms with Crippen molar-refractivity contribution in [3.05, 3.63) is 53.6 Å². The van der Waals surface area contributed by atoms with Gasteiger partial charge in [0.15, 0.2) is 0 Å². The second-order valence-electron chi connectivity index (χ2n) is 7.99. The van der Waals surface area contributed by atoms with E-state index in [1.54, 1.807) is 0 Å². The number of hydrogen-bond donors (Lipinski definition) is 1. The summed E-state index contributed by atoms with van der Waals surface area (Å²) < 4.78 is 15.1. The van der Waals surface area contributed by atoms with E-state index in [1.165, 1.54) is 12.1 Å². The summed E-state index contributed by atoms with van der Waals surface area (Å²) in [6, 6.07) is 8.27. The molecular formula is C22H29FN4O2. The fraction of sp³-hybridized carbons (Fsp3) is 0.500. The highest BCUT2D eigenvalue weighted by atomic mass is 19.1. The van der Waals surface area contributed by atoms with Gasteiger partial charge in [0.05, 0.1) is 17.3 Å². The predicted octanol–water partition coefficient (Wildman–Crippen LogP) is 2.25. The van der Waals surface area contributed by atoms with Crippen LogP contribution < -0.4 is 4.90 Å². The summed E-state index contributed by atoms with van der Waals surface area (Å²) >= 11 is 0. The molecule has 0 radical (unpaired) electrons. The van der Waals surface area contributed by atoms with Crippen LogP contribution >= 0.6 is 0 Å². The van der Waals surface area contributed by atoms with Crippen LogP contribution in [0.1, 0.15) is 35.5 Å². The van der Waals surface area contributed by atoms with Gasteiger partial charge in [0.2, 0.25) is 0 Å². The molecule has 1 aromatic heterocycles. The van der Waals surface area contributed by atoms with Crippen molar-refractivity contribution in [2.45, 2.75) is 25.5 Å². The Morgan fingerprint density at radius 3 is 2.45 bits per heavy atom. The SMILES string of the molecule is CCCN1CC(N2CCN(c3ccc(F)cc3)CC2)C(O)c2c(ccn2C)C1=O. The summed E-state index contributed by atoms with van der Waals surface area (Å²) in [6.45, 7) is 6.45. The van der Waals surface area contributed by atoms with Crippen LogP contribution in [0, 0.1) is 5.82 Å². The normalized spacial score (nSPS) is 23.2. The standard InChI is InChI=1S/C22H29FN4O2/c1-3-9-27-15-19(21(28)20-18(22(27)29)8-10-24(20)2)26-13-11-25(12-14-26)17-6-4-16(23)5-7-17/h4-8,10,19,21,28H,3,9,11-15H2,1-2H3. The van der Waals surface area contributed by atoms with Gasteiger partial charge in [-0.1, -0.05) is 6.92 Å². The Hall–Kier alpha value is -2.38. The highest BCUT2D eigenvalue weighted by Crippen LogP contribution is 2.31. The van der Waals surface area contributed by atoms with Crippen LogP contribution in [0.3, 0.4) is 0 Å². The van der Waals surface area contributed by atoms with Crippen molar-refractivity contribution in [1.29, 1.82) is 0 Å². The molecule has 3 heterocycles. The van der Waals surface area contributed by atoms with Crippen LogP contribution in [0.15, 0.2) is 36.5 Å². The first-order valence-corrected chi connectivity index (χ1v) is 10.4. The number of carbonyl (C=O) groups excluding carboxylic acids is 1. The second kappa shape index (κ2) is 8.16. The van der Waals surface area contributed by atoms with Gasteiger partial charge in [-0.2, -0.15) is 0 Å². The van der Waals surface area contributed by atoms with Crippen LogP contribution in [0.25, 0.3) is 0 Å². The Kier molecular flexibility index (Phi) is 5.61. The lowest BCUT2D eigenvalue weighted by Crippen LogP contribution is -2.55. The molecule has 2 unspecified atom stereocenters. The smallest absolute Gasteiger partial charge is 0.255 e. The van der Waals surface area contributed by atoms with Gasteiger partial charge < -0.3 is 19.5 Å². The molecule has 2 aliphatic rings. The molecule has 4 rings (SSSR count). The van der Waals surface area contributed by atoms with E-state index in [-0.39, 0.29) is 17.8 Å². The van der Waals surface area contributed by atoms with E-state index in [0.29, 0.717) is 24.3 Å². The second-order valence-corrected chi connectivity index (χ2v) is 7.99. The van der Waals surface area contributed by atoms with E-state index >= 15 is 0 Å². The maximum absolute atomic E-state index is 13.2. The molecule has 0 spiro atoms. The monoisotopic (exact) mass is 400 g/mol. The molecule has 6 nitrogen and oxygen atoms in total. The van der Waals surface area contributed by atoms with Crippen LogP contribution in [-0.2, 0) is 7.05 Å². The lowest BCUT2D eigenvalue weighted by molar-refractivity contribution is 0.0248. The number of halogens is 1. The van der Waals surface area contributed by atoms with E-state index in [1.807, 2.05) is 40.9 Å². The van der Waals surface area contributed by atoms with Gasteiger partial charge in [-0.05, 0) is 36.8 Å². The third-order valence-corrected chi connectivity index (χ3v) is 6.16. The molecular weight excluding hydrogens is 371 g/mol. The Balaban J connectivity index is 1.53. The summed E-state index contributed by atoms with van der Waals surface area (Å²) in [5.74, 6) is -0.220. The van der Waals surface area contributed by atoms with Gasteiger partial charge in [-0.25, -0.2) is 4.39 Å². The summed E-state index contributed by atoms with van der Waals surface area (Å²) in [5, 5.41) is 11.2. The van der Waals surface area contributed by atoms with Crippen molar-refractivity contribution < 1.29 is 14.3 Å². The third-order valence-electron chi connectivity index (χ3n) is 6.16. The third kappa shape index (κ3) is 3.76. The Bertz CT molecular complexity index is 858. The first-order chi connectivity index (χ1) is 14.0. The zero-order valence-corrected chi connectivity index (χ0v) is 17.1. The number of piperazine rings is 1. The van der Waals surface area contributed by atoms with E-state index in [2.05, 4.69) is 16.7 Å². The number of hydrogen-bond acceptors (Lipinski definition) is 4. The number of carbonyl (C=O) groups is 1. The number of amides is 1. The number of benzene rings is 1. The van der Waals surface area contributed by atoms with Crippen LogP contribution in [0.5, 0.6) is 0 Å². The maximum atomic E-state index is 13.2. The highest BCUT2D eigenvalue weighted by Gasteiger charge is 2.39. The lowest BCUT2D eigenvalue weighted by Gasteiger charge is -2.42. The van der Waals surface area contributed by atoms with Crippen molar-refractivity contribution >= 4 is 11.6 Å². The van der Waals surface area contributed by atoms with E-state index < -0.39 is 6.10 Å². The van der Waals surface area contributed by atoms with Gasteiger partial charge in [0, 0.05) is 58.2 Å². The Morgan fingerprint density at radius 2 is 1.79 bits per heavy atom. The van der Waals surface area contributed by atoms with Crippen molar-refractivity contribution in [1.82, 2.24) is 14.4 Å². The zero-order chi connectivity index (χ0) is 20.5. The molecule has 2 atom stereocenters. The predicted molar refractivity (Wildman–Crippen MR) is 111 cm³/mol. The van der Waals surface area contributed by atoms with E-state index in [4.69, 9.17) is 0 Å². The van der Waals surface area contributed by atoms with Crippen LogP contribution in [0.2, 0.25) is 0 Å². The van der Waals surface area contributed by atoms with Gasteiger partial charge in [0.25, 0.3) is 5.91 Å². The largest absolute Gasteiger partial charge is 0.385 e. The summed E-state index contributed by atoms with van der Waals surface area (Å²) in [6.07, 6.45) is 2.02. The van der Waals surface area contributed by atoms with E-state index in [0.717, 1.165) is 38.3 Å². The topological polar surface area (TPSA) is 52.0 Å². The molecule has 7 heteroatoms. The molecule has 0 saturated carbocycles. The average Bonchev–Trinajstić information content (AvgIpc) is 3.08. The van der Waals surface area contributed by atoms with Crippen molar-refractivity contribution in [3.8, 4) is 0 Å². The first kappa shape index (κ1) is 19.9. The minimum Gasteiger partial charge on any atom is -0.385 e. The molecule has 156 valence electrons. The minimum absolute atomic E-state index is 0.00829. The molecule has 2 aliphatic heterocycles.